The average molecular weight is 124 g/mol. The van der Waals surface area contributed by atoms with Gasteiger partial charge >= 0.3 is 0 Å². The third-order valence-electron chi connectivity index (χ3n) is 2.56. The second-order valence-corrected chi connectivity index (χ2v) is 3.04. The highest BCUT2D eigenvalue weighted by Crippen LogP contribution is 2.59. The number of fused-ring (bicyclic) bond motifs is 3. The highest BCUT2D eigenvalue weighted by Gasteiger charge is 2.74. The molecule has 1 aliphatic carbocycles. The predicted molar refractivity (Wildman–Crippen MR) is 31.1 cm³/mol. The molecule has 3 aliphatic rings. The van der Waals surface area contributed by atoms with Crippen molar-refractivity contribution in [2.75, 3.05) is 0 Å². The first-order valence-corrected chi connectivity index (χ1v) is 3.33. The maximum Gasteiger partial charge on any atom is 0.120 e. The van der Waals surface area contributed by atoms with Gasteiger partial charge in [-0.15, -0.1) is 6.58 Å². The van der Waals surface area contributed by atoms with E-state index in [2.05, 4.69) is 6.58 Å². The first-order chi connectivity index (χ1) is 4.36. The first kappa shape index (κ1) is 4.47. The Labute approximate surface area is 53.4 Å². The molecule has 0 N–H and O–H groups in total. The van der Waals surface area contributed by atoms with Gasteiger partial charge < -0.3 is 9.47 Å². The third-order valence-corrected chi connectivity index (χ3v) is 2.56. The summed E-state index contributed by atoms with van der Waals surface area (Å²) >= 11 is 0. The molecule has 2 nitrogen and oxygen atoms in total. The van der Waals surface area contributed by atoms with Crippen LogP contribution in [-0.4, -0.2) is 23.9 Å². The van der Waals surface area contributed by atoms with Gasteiger partial charge in [0.1, 0.15) is 17.8 Å². The van der Waals surface area contributed by atoms with E-state index in [9.17, 15) is 0 Å². The van der Waals surface area contributed by atoms with Gasteiger partial charge in [0.05, 0.1) is 6.10 Å². The molecule has 9 heavy (non-hydrogen) atoms. The Bertz CT molecular complexity index is 189. The number of hydrogen-bond donors (Lipinski definition) is 0. The molecule has 0 aromatic carbocycles. The smallest absolute Gasteiger partial charge is 0.120 e. The molecule has 4 unspecified atom stereocenters. The molecule has 2 aliphatic heterocycles. The summed E-state index contributed by atoms with van der Waals surface area (Å²) in [6.45, 7) is 3.73. The van der Waals surface area contributed by atoms with E-state index in [0.29, 0.717) is 18.3 Å². The van der Waals surface area contributed by atoms with Crippen LogP contribution >= 0.6 is 0 Å². The van der Waals surface area contributed by atoms with Crippen LogP contribution in [0.1, 0.15) is 6.42 Å². The van der Waals surface area contributed by atoms with Gasteiger partial charge in [-0.05, 0) is 0 Å². The largest absolute Gasteiger partial charge is 0.366 e. The van der Waals surface area contributed by atoms with Crippen molar-refractivity contribution >= 4 is 0 Å². The molecule has 2 heterocycles. The molecule has 0 radical (unpaired) electrons. The van der Waals surface area contributed by atoms with E-state index in [1.165, 1.54) is 0 Å². The molecule has 2 saturated heterocycles. The molecule has 4 atom stereocenters. The van der Waals surface area contributed by atoms with Crippen LogP contribution in [0.4, 0.5) is 0 Å². The number of rotatable bonds is 1. The van der Waals surface area contributed by atoms with Crippen molar-refractivity contribution in [3.63, 3.8) is 0 Å². The summed E-state index contributed by atoms with van der Waals surface area (Å²) in [7, 11) is 0. The topological polar surface area (TPSA) is 25.1 Å². The lowest BCUT2D eigenvalue weighted by atomic mass is 10.1. The molecule has 0 aromatic heterocycles. The summed E-state index contributed by atoms with van der Waals surface area (Å²) in [6.07, 6.45) is 4.30. The number of epoxide rings is 2. The minimum atomic E-state index is 0.0631. The zero-order chi connectivity index (χ0) is 6.06. The molecule has 48 valence electrons. The summed E-state index contributed by atoms with van der Waals surface area (Å²) in [5, 5.41) is 0. The van der Waals surface area contributed by atoms with Crippen molar-refractivity contribution in [2.24, 2.45) is 0 Å². The fourth-order valence-corrected chi connectivity index (χ4v) is 1.86. The quantitative estimate of drug-likeness (QED) is 0.375. The van der Waals surface area contributed by atoms with Crippen molar-refractivity contribution in [1.29, 1.82) is 0 Å². The standard InChI is InChI=1S/C7H8O2/c1-2-7-3-4-5(8-4)6(7)9-7/h2,4-6H,1,3H2. The van der Waals surface area contributed by atoms with E-state index in [4.69, 9.17) is 9.47 Å². The van der Waals surface area contributed by atoms with Gasteiger partial charge in [-0.2, -0.15) is 0 Å². The molecule has 1 saturated carbocycles. The minimum absolute atomic E-state index is 0.0631. The summed E-state index contributed by atoms with van der Waals surface area (Å²) in [4.78, 5) is 0. The van der Waals surface area contributed by atoms with Crippen molar-refractivity contribution in [2.45, 2.75) is 30.3 Å². The van der Waals surface area contributed by atoms with Crippen molar-refractivity contribution in [1.82, 2.24) is 0 Å². The summed E-state index contributed by atoms with van der Waals surface area (Å²) in [5.41, 5.74) is 0.0631. The van der Waals surface area contributed by atoms with Gasteiger partial charge in [0.25, 0.3) is 0 Å². The molecule has 3 fully saturated rings. The molecule has 0 amide bonds. The second-order valence-electron chi connectivity index (χ2n) is 3.04. The van der Waals surface area contributed by atoms with Gasteiger partial charge in [0, 0.05) is 6.42 Å². The summed E-state index contributed by atoms with van der Waals surface area (Å²) in [6, 6.07) is 0. The van der Waals surface area contributed by atoms with Gasteiger partial charge in [-0.3, -0.25) is 0 Å². The Morgan fingerprint density at radius 1 is 1.67 bits per heavy atom. The van der Waals surface area contributed by atoms with Gasteiger partial charge in [0.15, 0.2) is 0 Å². The Balaban J connectivity index is 1.96. The van der Waals surface area contributed by atoms with E-state index in [1.54, 1.807) is 0 Å². The summed E-state index contributed by atoms with van der Waals surface area (Å²) in [5.74, 6) is 0. The zero-order valence-corrected chi connectivity index (χ0v) is 5.04. The molecule has 0 bridgehead atoms. The molecule has 0 spiro atoms. The van der Waals surface area contributed by atoms with Crippen LogP contribution in [0.15, 0.2) is 12.7 Å². The molecular formula is C7H8O2. The predicted octanol–water partition coefficient (Wildman–Crippen LogP) is 0.481. The lowest BCUT2D eigenvalue weighted by molar-refractivity contribution is 0.301. The fraction of sp³-hybridized carbons (Fsp3) is 0.714. The lowest BCUT2D eigenvalue weighted by Gasteiger charge is -1.98. The van der Waals surface area contributed by atoms with Crippen LogP contribution < -0.4 is 0 Å². The van der Waals surface area contributed by atoms with Crippen LogP contribution in [0.5, 0.6) is 0 Å². The third kappa shape index (κ3) is 0.345. The maximum atomic E-state index is 5.40. The Hall–Kier alpha value is -0.340. The molecule has 2 heteroatoms. The Kier molecular flexibility index (Phi) is 0.485. The number of ether oxygens (including phenoxy) is 2. The molecular weight excluding hydrogens is 116 g/mol. The van der Waals surface area contributed by atoms with E-state index in [-0.39, 0.29) is 5.60 Å². The normalized spacial score (nSPS) is 66.4. The van der Waals surface area contributed by atoms with E-state index in [0.717, 1.165) is 6.42 Å². The molecule has 3 rings (SSSR count). The van der Waals surface area contributed by atoms with E-state index >= 15 is 0 Å². The first-order valence-electron chi connectivity index (χ1n) is 3.33. The monoisotopic (exact) mass is 124 g/mol. The second kappa shape index (κ2) is 0.976. The Morgan fingerprint density at radius 3 is 3.00 bits per heavy atom. The Morgan fingerprint density at radius 2 is 2.56 bits per heavy atom. The van der Waals surface area contributed by atoms with Crippen molar-refractivity contribution in [3.8, 4) is 0 Å². The van der Waals surface area contributed by atoms with E-state index in [1.807, 2.05) is 6.08 Å². The van der Waals surface area contributed by atoms with Crippen LogP contribution in [0.3, 0.4) is 0 Å². The maximum absolute atomic E-state index is 5.40. The van der Waals surface area contributed by atoms with E-state index < -0.39 is 0 Å². The van der Waals surface area contributed by atoms with Crippen LogP contribution in [0, 0.1) is 0 Å². The highest BCUT2D eigenvalue weighted by molar-refractivity contribution is 5.28. The SMILES string of the molecule is C=CC12CC3OC3C1O2. The van der Waals surface area contributed by atoms with Crippen LogP contribution in [0.2, 0.25) is 0 Å². The highest BCUT2D eigenvalue weighted by atomic mass is 16.7. The summed E-state index contributed by atoms with van der Waals surface area (Å²) < 4.78 is 10.7. The van der Waals surface area contributed by atoms with Gasteiger partial charge in [-0.25, -0.2) is 0 Å². The molecule has 0 aromatic rings. The van der Waals surface area contributed by atoms with Crippen LogP contribution in [-0.2, 0) is 9.47 Å². The fourth-order valence-electron chi connectivity index (χ4n) is 1.86. The number of hydrogen-bond acceptors (Lipinski definition) is 2. The van der Waals surface area contributed by atoms with Crippen molar-refractivity contribution in [3.05, 3.63) is 12.7 Å². The zero-order valence-electron chi connectivity index (χ0n) is 5.04. The van der Waals surface area contributed by atoms with Gasteiger partial charge in [0.2, 0.25) is 0 Å². The minimum Gasteiger partial charge on any atom is -0.366 e. The average Bonchev–Trinajstić information content (AvgIpc) is 2.72. The van der Waals surface area contributed by atoms with Crippen LogP contribution in [0.25, 0.3) is 0 Å². The van der Waals surface area contributed by atoms with Gasteiger partial charge in [-0.1, -0.05) is 6.08 Å². The van der Waals surface area contributed by atoms with Crippen molar-refractivity contribution < 1.29 is 9.47 Å². The lowest BCUT2D eigenvalue weighted by Crippen LogP contribution is -2.08.